The number of H-pyrrole nitrogens is 1. The first-order chi connectivity index (χ1) is 13.4. The van der Waals surface area contributed by atoms with Crippen LogP contribution in [0.3, 0.4) is 0 Å². The van der Waals surface area contributed by atoms with Crippen LogP contribution in [0.2, 0.25) is 0 Å². The minimum absolute atomic E-state index is 0.0468. The summed E-state index contributed by atoms with van der Waals surface area (Å²) in [4.78, 5) is 27.9. The molecule has 10 nitrogen and oxygen atoms in total. The van der Waals surface area contributed by atoms with Crippen LogP contribution >= 0.6 is 0 Å². The fourth-order valence-electron chi connectivity index (χ4n) is 3.02. The van der Waals surface area contributed by atoms with Gasteiger partial charge in [-0.2, -0.15) is 0 Å². The van der Waals surface area contributed by atoms with Crippen LogP contribution in [0.1, 0.15) is 25.6 Å². The Balaban J connectivity index is 1.78. The van der Waals surface area contributed by atoms with E-state index in [1.807, 2.05) is 0 Å². The van der Waals surface area contributed by atoms with Gasteiger partial charge in [0, 0.05) is 18.3 Å². The van der Waals surface area contributed by atoms with E-state index in [0.717, 1.165) is 24.2 Å². The molecule has 0 bridgehead atoms. The van der Waals surface area contributed by atoms with Crippen molar-refractivity contribution in [2.75, 3.05) is 46.1 Å². The third-order valence-corrected chi connectivity index (χ3v) is 4.86. The number of hydrogen-bond acceptors (Lipinski definition) is 8. The lowest BCUT2D eigenvalue weighted by atomic mass is 10.1. The number of aryl methyl sites for hydroxylation is 1. The van der Waals surface area contributed by atoms with Crippen molar-refractivity contribution in [3.05, 3.63) is 32.6 Å². The lowest BCUT2D eigenvalue weighted by molar-refractivity contribution is -0.0742. The summed E-state index contributed by atoms with van der Waals surface area (Å²) in [5, 5.41) is 20.4. The van der Waals surface area contributed by atoms with Crippen molar-refractivity contribution >= 4 is 0 Å². The minimum Gasteiger partial charge on any atom is -0.387 e. The molecular weight excluding hydrogens is 370 g/mol. The maximum Gasteiger partial charge on any atom is 0.330 e. The Morgan fingerprint density at radius 3 is 2.50 bits per heavy atom. The van der Waals surface area contributed by atoms with E-state index in [2.05, 4.69) is 23.7 Å². The number of nitrogens with one attached hydrogen (secondary N) is 1. The van der Waals surface area contributed by atoms with Gasteiger partial charge in [0.1, 0.15) is 18.3 Å². The molecule has 0 unspecified atom stereocenters. The molecule has 1 fully saturated rings. The maximum atomic E-state index is 12.0. The number of aromatic amines is 1. The van der Waals surface area contributed by atoms with Gasteiger partial charge >= 0.3 is 5.69 Å². The van der Waals surface area contributed by atoms with Gasteiger partial charge in [-0.1, -0.05) is 13.8 Å². The summed E-state index contributed by atoms with van der Waals surface area (Å²) in [6.45, 7) is 9.95. The van der Waals surface area contributed by atoms with Gasteiger partial charge in [-0.15, -0.1) is 0 Å². The quantitative estimate of drug-likeness (QED) is 0.397. The topological polar surface area (TPSA) is 126 Å². The number of aliphatic hydroxyl groups excluding tert-OH is 2. The molecule has 0 aromatic carbocycles. The Morgan fingerprint density at radius 2 is 1.82 bits per heavy atom. The van der Waals surface area contributed by atoms with E-state index in [0.29, 0.717) is 25.4 Å². The third-order valence-electron chi connectivity index (χ3n) is 4.86. The standard InChI is InChI=1S/C18H31N3O7/c1-4-20(5-2)6-7-26-8-9-27-11-13-14(22)15(23)17(28-13)21-10-12(3)16(24)19-18(21)25/h10,13-15,17,22-23H,4-9,11H2,1-3H3,(H,19,24,25)/t13-,14-,15-,17-/m1/s1. The van der Waals surface area contributed by atoms with Gasteiger partial charge in [0.15, 0.2) is 6.23 Å². The van der Waals surface area contributed by atoms with Crippen LogP contribution in [-0.2, 0) is 14.2 Å². The van der Waals surface area contributed by atoms with Crippen molar-refractivity contribution in [1.82, 2.24) is 14.5 Å². The van der Waals surface area contributed by atoms with E-state index in [-0.39, 0.29) is 6.61 Å². The molecule has 1 aromatic heterocycles. The van der Waals surface area contributed by atoms with Crippen molar-refractivity contribution in [2.45, 2.75) is 45.3 Å². The lowest BCUT2D eigenvalue weighted by Crippen LogP contribution is -2.38. The van der Waals surface area contributed by atoms with Gasteiger partial charge in [0.2, 0.25) is 0 Å². The number of ether oxygens (including phenoxy) is 3. The monoisotopic (exact) mass is 401 g/mol. The molecule has 2 heterocycles. The van der Waals surface area contributed by atoms with Crippen LogP contribution in [0.25, 0.3) is 0 Å². The Morgan fingerprint density at radius 1 is 1.14 bits per heavy atom. The predicted octanol–water partition coefficient (Wildman–Crippen LogP) is -1.16. The number of rotatable bonds is 11. The summed E-state index contributed by atoms with van der Waals surface area (Å²) in [7, 11) is 0. The van der Waals surface area contributed by atoms with Crippen molar-refractivity contribution in [3.63, 3.8) is 0 Å². The zero-order valence-electron chi connectivity index (χ0n) is 16.7. The predicted molar refractivity (Wildman–Crippen MR) is 101 cm³/mol. The second kappa shape index (κ2) is 10.8. The molecule has 0 spiro atoms. The van der Waals surface area contributed by atoms with E-state index < -0.39 is 35.8 Å². The van der Waals surface area contributed by atoms with Gasteiger partial charge < -0.3 is 29.3 Å². The molecule has 2 rings (SSSR count). The average molecular weight is 401 g/mol. The Kier molecular flexibility index (Phi) is 8.80. The molecule has 0 amide bonds. The molecule has 160 valence electrons. The van der Waals surface area contributed by atoms with Crippen LogP contribution in [0.4, 0.5) is 0 Å². The van der Waals surface area contributed by atoms with Gasteiger partial charge in [-0.3, -0.25) is 14.3 Å². The second-order valence-corrected chi connectivity index (χ2v) is 6.74. The molecule has 0 aliphatic carbocycles. The molecule has 28 heavy (non-hydrogen) atoms. The highest BCUT2D eigenvalue weighted by molar-refractivity contribution is 5.03. The Labute approximate surface area is 163 Å². The van der Waals surface area contributed by atoms with Crippen molar-refractivity contribution in [1.29, 1.82) is 0 Å². The summed E-state index contributed by atoms with van der Waals surface area (Å²) < 4.78 is 17.7. The Hall–Kier alpha value is -1.56. The number of hydrogen-bond donors (Lipinski definition) is 3. The van der Waals surface area contributed by atoms with E-state index in [9.17, 15) is 19.8 Å². The largest absolute Gasteiger partial charge is 0.387 e. The molecule has 0 saturated carbocycles. The molecular formula is C18H31N3O7. The first-order valence-corrected chi connectivity index (χ1v) is 9.60. The zero-order valence-corrected chi connectivity index (χ0v) is 16.7. The minimum atomic E-state index is -1.32. The van der Waals surface area contributed by atoms with Crippen molar-refractivity contribution < 1.29 is 24.4 Å². The normalized spacial score (nSPS) is 24.9. The highest BCUT2D eigenvalue weighted by atomic mass is 16.6. The van der Waals surface area contributed by atoms with Crippen LogP contribution < -0.4 is 11.2 Å². The van der Waals surface area contributed by atoms with Gasteiger partial charge in [-0.05, 0) is 20.0 Å². The molecule has 0 radical (unpaired) electrons. The van der Waals surface area contributed by atoms with E-state index in [1.54, 1.807) is 0 Å². The fourth-order valence-corrected chi connectivity index (χ4v) is 3.02. The number of aromatic nitrogens is 2. The molecule has 3 N–H and O–H groups in total. The van der Waals surface area contributed by atoms with E-state index in [1.165, 1.54) is 13.1 Å². The smallest absolute Gasteiger partial charge is 0.330 e. The SMILES string of the molecule is CCN(CC)CCOCCOC[C@H]1O[C@@H](n2cc(C)c(=O)[nH]c2=O)[C@H](O)[C@@H]1O. The average Bonchev–Trinajstić information content (AvgIpc) is 2.95. The molecule has 4 atom stereocenters. The molecule has 1 aliphatic rings. The summed E-state index contributed by atoms with van der Waals surface area (Å²) in [6, 6.07) is 0. The summed E-state index contributed by atoms with van der Waals surface area (Å²) >= 11 is 0. The van der Waals surface area contributed by atoms with Gasteiger partial charge in [0.25, 0.3) is 5.56 Å². The molecule has 1 aromatic rings. The highest BCUT2D eigenvalue weighted by Gasteiger charge is 2.44. The number of nitrogens with zero attached hydrogens (tertiary/aromatic N) is 2. The summed E-state index contributed by atoms with van der Waals surface area (Å²) in [5.74, 6) is 0. The summed E-state index contributed by atoms with van der Waals surface area (Å²) in [6.07, 6.45) is -3.13. The van der Waals surface area contributed by atoms with Gasteiger partial charge in [0.05, 0.1) is 26.4 Å². The Bertz CT molecular complexity index is 716. The van der Waals surface area contributed by atoms with Crippen LogP contribution in [0.5, 0.6) is 0 Å². The second-order valence-electron chi connectivity index (χ2n) is 6.74. The van der Waals surface area contributed by atoms with Crippen molar-refractivity contribution in [2.24, 2.45) is 0 Å². The maximum absolute atomic E-state index is 12.0. The van der Waals surface area contributed by atoms with Crippen molar-refractivity contribution in [3.8, 4) is 0 Å². The summed E-state index contributed by atoms with van der Waals surface area (Å²) in [5.41, 5.74) is -0.920. The van der Waals surface area contributed by atoms with E-state index >= 15 is 0 Å². The van der Waals surface area contributed by atoms with Crippen LogP contribution in [0.15, 0.2) is 15.8 Å². The van der Waals surface area contributed by atoms with Crippen LogP contribution in [-0.4, -0.2) is 89.0 Å². The molecule has 1 saturated heterocycles. The fraction of sp³-hybridized carbons (Fsp3) is 0.778. The molecule has 10 heteroatoms. The first-order valence-electron chi connectivity index (χ1n) is 9.60. The number of likely N-dealkylation sites (N-methyl/N-ethyl adjacent to an activating group) is 1. The zero-order chi connectivity index (χ0) is 20.7. The molecule has 1 aliphatic heterocycles. The number of aliphatic hydroxyl groups is 2. The first kappa shape index (κ1) is 22.7. The highest BCUT2D eigenvalue weighted by Crippen LogP contribution is 2.28. The third kappa shape index (κ3) is 5.72. The van der Waals surface area contributed by atoms with E-state index in [4.69, 9.17) is 14.2 Å². The van der Waals surface area contributed by atoms with Crippen LogP contribution in [0, 0.1) is 6.92 Å². The lowest BCUT2D eigenvalue weighted by Gasteiger charge is -2.18. The van der Waals surface area contributed by atoms with Gasteiger partial charge in [-0.25, -0.2) is 4.79 Å².